The van der Waals surface area contributed by atoms with E-state index >= 15 is 0 Å². The molecule has 1 saturated carbocycles. The van der Waals surface area contributed by atoms with Gasteiger partial charge >= 0.3 is 0 Å². The maximum Gasteiger partial charge on any atom is 0.270 e. The third-order valence-corrected chi connectivity index (χ3v) is 6.23. The molecule has 1 aromatic heterocycles. The van der Waals surface area contributed by atoms with Crippen LogP contribution in [0, 0.1) is 5.82 Å². The summed E-state index contributed by atoms with van der Waals surface area (Å²) < 4.78 is 24.6. The van der Waals surface area contributed by atoms with Crippen LogP contribution in [0.2, 0.25) is 0 Å². The van der Waals surface area contributed by atoms with Crippen LogP contribution < -0.4 is 15.0 Å². The van der Waals surface area contributed by atoms with E-state index < -0.39 is 0 Å². The number of hydrogen-bond acceptors (Lipinski definition) is 5. The molecule has 2 unspecified atom stereocenters. The second-order valence-corrected chi connectivity index (χ2v) is 8.25. The summed E-state index contributed by atoms with van der Waals surface area (Å²) in [6, 6.07) is 9.08. The average molecular weight is 397 g/mol. The Morgan fingerprint density at radius 1 is 1.31 bits per heavy atom. The van der Waals surface area contributed by atoms with Gasteiger partial charge in [-0.2, -0.15) is 0 Å². The highest BCUT2D eigenvalue weighted by Gasteiger charge is 2.45. The molecule has 1 aromatic carbocycles. The predicted octanol–water partition coefficient (Wildman–Crippen LogP) is 2.71. The molecule has 3 heterocycles. The summed E-state index contributed by atoms with van der Waals surface area (Å²) in [5.41, 5.74) is 1.83. The zero-order valence-electron chi connectivity index (χ0n) is 16.4. The van der Waals surface area contributed by atoms with Crippen molar-refractivity contribution in [2.75, 3.05) is 25.2 Å². The van der Waals surface area contributed by atoms with Gasteiger partial charge in [0.1, 0.15) is 17.3 Å². The van der Waals surface area contributed by atoms with Gasteiger partial charge in [0.25, 0.3) is 5.91 Å². The summed E-state index contributed by atoms with van der Waals surface area (Å²) in [6.07, 6.45) is 5.07. The minimum absolute atomic E-state index is 0.193. The standard InChI is InChI=1S/C22H24FN3O3/c1-28-20-3-2-15(23)8-14(20)11-22(5-6-22)25-21(27)19-10-16(4-7-24-19)26-17-9-18(26)13-29-12-17/h2-4,7-8,10,17-18H,5-6,9,11-13H2,1H3,(H,25,27). The van der Waals surface area contributed by atoms with E-state index in [1.165, 1.54) is 12.1 Å². The highest BCUT2D eigenvalue weighted by atomic mass is 19.1. The average Bonchev–Trinajstić information content (AvgIpc) is 3.47. The number of nitrogens with zero attached hydrogens (tertiary/aromatic N) is 2. The summed E-state index contributed by atoms with van der Waals surface area (Å²) in [5.74, 6) is 0.140. The van der Waals surface area contributed by atoms with E-state index in [9.17, 15) is 9.18 Å². The zero-order chi connectivity index (χ0) is 20.0. The van der Waals surface area contributed by atoms with Gasteiger partial charge in [-0.15, -0.1) is 0 Å². The number of morpholine rings is 1. The van der Waals surface area contributed by atoms with Gasteiger partial charge in [0.05, 0.1) is 32.4 Å². The Morgan fingerprint density at radius 2 is 2.10 bits per heavy atom. The number of aromatic nitrogens is 1. The molecule has 2 aliphatic heterocycles. The maximum atomic E-state index is 13.7. The minimum Gasteiger partial charge on any atom is -0.496 e. The fourth-order valence-electron chi connectivity index (χ4n) is 4.52. The number of anilines is 1. The van der Waals surface area contributed by atoms with Crippen molar-refractivity contribution in [2.24, 2.45) is 0 Å². The Hall–Kier alpha value is -2.67. The molecule has 0 spiro atoms. The zero-order valence-corrected chi connectivity index (χ0v) is 16.4. The number of carbonyl (C=O) groups excluding carboxylic acids is 1. The molecular weight excluding hydrogens is 373 g/mol. The molecule has 6 nitrogen and oxygen atoms in total. The van der Waals surface area contributed by atoms with Crippen LogP contribution in [0.1, 0.15) is 35.3 Å². The normalized spacial score (nSPS) is 23.9. The number of ether oxygens (including phenoxy) is 2. The largest absolute Gasteiger partial charge is 0.496 e. The fourth-order valence-corrected chi connectivity index (χ4v) is 4.52. The molecule has 1 amide bonds. The van der Waals surface area contributed by atoms with Crippen LogP contribution in [0.4, 0.5) is 10.1 Å². The van der Waals surface area contributed by atoms with E-state index in [1.54, 1.807) is 19.4 Å². The van der Waals surface area contributed by atoms with E-state index in [2.05, 4.69) is 15.2 Å². The molecule has 2 bridgehead atoms. The number of methoxy groups -OCH3 is 1. The lowest BCUT2D eigenvalue weighted by Gasteiger charge is -2.53. The van der Waals surface area contributed by atoms with Crippen LogP contribution in [-0.2, 0) is 11.2 Å². The molecule has 3 aliphatic rings. The van der Waals surface area contributed by atoms with E-state index in [4.69, 9.17) is 9.47 Å². The summed E-state index contributed by atoms with van der Waals surface area (Å²) in [7, 11) is 1.57. The molecule has 2 saturated heterocycles. The van der Waals surface area contributed by atoms with Crippen LogP contribution >= 0.6 is 0 Å². The first-order chi connectivity index (χ1) is 14.1. The van der Waals surface area contributed by atoms with Crippen molar-refractivity contribution < 1.29 is 18.7 Å². The van der Waals surface area contributed by atoms with Crippen molar-refractivity contribution in [3.05, 3.63) is 53.6 Å². The highest BCUT2D eigenvalue weighted by Crippen LogP contribution is 2.41. The van der Waals surface area contributed by atoms with Crippen molar-refractivity contribution in [3.63, 3.8) is 0 Å². The lowest BCUT2D eigenvalue weighted by atomic mass is 9.90. The number of amides is 1. The highest BCUT2D eigenvalue weighted by molar-refractivity contribution is 5.94. The van der Waals surface area contributed by atoms with Crippen molar-refractivity contribution >= 4 is 11.6 Å². The molecule has 1 N–H and O–H groups in total. The summed E-state index contributed by atoms with van der Waals surface area (Å²) >= 11 is 0. The number of hydrogen-bond donors (Lipinski definition) is 1. The summed E-state index contributed by atoms with van der Waals surface area (Å²) in [6.45, 7) is 1.47. The number of nitrogens with one attached hydrogen (secondary N) is 1. The summed E-state index contributed by atoms with van der Waals surface area (Å²) in [5, 5.41) is 3.13. The Balaban J connectivity index is 1.31. The van der Waals surface area contributed by atoms with Crippen LogP contribution in [0.25, 0.3) is 0 Å². The molecule has 1 aliphatic carbocycles. The second kappa shape index (κ2) is 6.99. The molecule has 2 aromatic rings. The Morgan fingerprint density at radius 3 is 2.79 bits per heavy atom. The van der Waals surface area contributed by atoms with Gasteiger partial charge in [0.15, 0.2) is 0 Å². The molecular formula is C22H24FN3O3. The van der Waals surface area contributed by atoms with Crippen molar-refractivity contribution in [1.82, 2.24) is 10.3 Å². The van der Waals surface area contributed by atoms with Gasteiger partial charge in [0, 0.05) is 17.4 Å². The number of halogens is 1. The van der Waals surface area contributed by atoms with Crippen molar-refractivity contribution in [2.45, 2.75) is 43.3 Å². The minimum atomic E-state index is -0.364. The molecule has 2 atom stereocenters. The molecule has 5 rings (SSSR count). The number of benzene rings is 1. The van der Waals surface area contributed by atoms with Crippen molar-refractivity contribution in [3.8, 4) is 5.75 Å². The summed E-state index contributed by atoms with van der Waals surface area (Å²) in [4.78, 5) is 19.5. The molecule has 7 heteroatoms. The van der Waals surface area contributed by atoms with Gasteiger partial charge in [-0.05, 0) is 61.6 Å². The quantitative estimate of drug-likeness (QED) is 0.812. The molecule has 29 heavy (non-hydrogen) atoms. The second-order valence-electron chi connectivity index (χ2n) is 8.25. The van der Waals surface area contributed by atoms with Gasteiger partial charge in [-0.25, -0.2) is 4.39 Å². The van der Waals surface area contributed by atoms with Gasteiger partial charge in [-0.3, -0.25) is 9.78 Å². The lowest BCUT2D eigenvalue weighted by molar-refractivity contribution is 0.0103. The van der Waals surface area contributed by atoms with Crippen LogP contribution in [0.3, 0.4) is 0 Å². The number of rotatable bonds is 6. The van der Waals surface area contributed by atoms with E-state index in [0.717, 1.165) is 43.7 Å². The van der Waals surface area contributed by atoms with Gasteiger partial charge in [0.2, 0.25) is 0 Å². The smallest absolute Gasteiger partial charge is 0.270 e. The Labute approximate surface area is 169 Å². The topological polar surface area (TPSA) is 63.7 Å². The number of fused-ring (bicyclic) bond motifs is 2. The molecule has 3 fully saturated rings. The van der Waals surface area contributed by atoms with Crippen LogP contribution in [0.15, 0.2) is 36.5 Å². The number of pyridine rings is 1. The monoisotopic (exact) mass is 397 g/mol. The molecule has 152 valence electrons. The van der Waals surface area contributed by atoms with E-state index in [-0.39, 0.29) is 17.3 Å². The van der Waals surface area contributed by atoms with Crippen LogP contribution in [-0.4, -0.2) is 48.8 Å². The first-order valence-corrected chi connectivity index (χ1v) is 10.0. The fraction of sp³-hybridized carbons (Fsp3) is 0.455. The Bertz CT molecular complexity index is 933. The van der Waals surface area contributed by atoms with E-state index in [0.29, 0.717) is 29.9 Å². The van der Waals surface area contributed by atoms with Gasteiger partial charge < -0.3 is 19.7 Å². The first kappa shape index (κ1) is 18.4. The Kier molecular flexibility index (Phi) is 4.42. The lowest BCUT2D eigenvalue weighted by Crippen LogP contribution is -2.64. The molecule has 0 radical (unpaired) electrons. The first-order valence-electron chi connectivity index (χ1n) is 10.0. The SMILES string of the molecule is COc1ccc(F)cc1CC1(NC(=O)c2cc(N3C4COCC3C4)ccn2)CC1. The maximum absolute atomic E-state index is 13.7. The van der Waals surface area contributed by atoms with Crippen molar-refractivity contribution in [1.29, 1.82) is 0 Å². The van der Waals surface area contributed by atoms with Crippen LogP contribution in [0.5, 0.6) is 5.75 Å². The third-order valence-electron chi connectivity index (χ3n) is 6.23. The van der Waals surface area contributed by atoms with E-state index in [1.807, 2.05) is 12.1 Å². The predicted molar refractivity (Wildman–Crippen MR) is 106 cm³/mol. The number of carbonyl (C=O) groups is 1. The van der Waals surface area contributed by atoms with Gasteiger partial charge in [-0.1, -0.05) is 0 Å². The third kappa shape index (κ3) is 3.44.